The van der Waals surface area contributed by atoms with Gasteiger partial charge in [-0.05, 0) is 53.8 Å². The van der Waals surface area contributed by atoms with Crippen molar-refractivity contribution in [3.63, 3.8) is 0 Å². The van der Waals surface area contributed by atoms with Gasteiger partial charge in [-0.2, -0.15) is 0 Å². The maximum atomic E-state index is 5.95. The molecule has 0 spiro atoms. The summed E-state index contributed by atoms with van der Waals surface area (Å²) in [5.41, 5.74) is 3.73. The van der Waals surface area contributed by atoms with E-state index in [1.807, 2.05) is 12.1 Å². The van der Waals surface area contributed by atoms with E-state index >= 15 is 0 Å². The zero-order valence-corrected chi connectivity index (χ0v) is 16.5. The second-order valence-electron chi connectivity index (χ2n) is 6.72. The Kier molecular flexibility index (Phi) is 6.77. The molecule has 2 aromatic rings. The van der Waals surface area contributed by atoms with Crippen LogP contribution >= 0.6 is 0 Å². The van der Waals surface area contributed by atoms with Crippen LogP contribution in [0.4, 0.5) is 0 Å². The molecule has 1 heterocycles. The summed E-state index contributed by atoms with van der Waals surface area (Å²) in [6.45, 7) is 3.84. The number of unbranched alkanes of at least 4 members (excludes halogenated alkanes) is 1. The highest BCUT2D eigenvalue weighted by molar-refractivity contribution is 5.55. The van der Waals surface area contributed by atoms with Gasteiger partial charge in [-0.1, -0.05) is 37.6 Å². The number of hydrogen-bond acceptors (Lipinski definition) is 4. The first-order chi connectivity index (χ1) is 13.2. The van der Waals surface area contributed by atoms with Gasteiger partial charge in [0.1, 0.15) is 5.75 Å². The van der Waals surface area contributed by atoms with E-state index in [-0.39, 0.29) is 6.04 Å². The fourth-order valence-electron chi connectivity index (χ4n) is 3.29. The fourth-order valence-corrected chi connectivity index (χ4v) is 3.29. The molecule has 1 unspecified atom stereocenters. The molecule has 4 nitrogen and oxygen atoms in total. The van der Waals surface area contributed by atoms with Crippen molar-refractivity contribution in [3.05, 3.63) is 59.2 Å². The smallest absolute Gasteiger partial charge is 0.161 e. The highest BCUT2D eigenvalue weighted by atomic mass is 16.5. The summed E-state index contributed by atoms with van der Waals surface area (Å²) in [5, 5.41) is 3.58. The molecule has 0 saturated carbocycles. The number of rotatable bonds is 8. The first-order valence-corrected chi connectivity index (χ1v) is 9.64. The van der Waals surface area contributed by atoms with Crippen molar-refractivity contribution in [1.82, 2.24) is 5.32 Å². The van der Waals surface area contributed by atoms with E-state index < -0.39 is 0 Å². The molecule has 0 saturated heterocycles. The van der Waals surface area contributed by atoms with Crippen molar-refractivity contribution in [2.45, 2.75) is 32.2 Å². The monoisotopic (exact) mass is 367 g/mol. The lowest BCUT2D eigenvalue weighted by Gasteiger charge is -2.26. The molecule has 2 aromatic carbocycles. The van der Waals surface area contributed by atoms with Gasteiger partial charge in [0.15, 0.2) is 11.5 Å². The van der Waals surface area contributed by atoms with E-state index in [0.29, 0.717) is 0 Å². The third-order valence-electron chi connectivity index (χ3n) is 4.87. The van der Waals surface area contributed by atoms with Crippen molar-refractivity contribution < 1.29 is 14.2 Å². The number of fused-ring (bicyclic) bond motifs is 1. The van der Waals surface area contributed by atoms with Crippen molar-refractivity contribution >= 4 is 6.08 Å². The van der Waals surface area contributed by atoms with Gasteiger partial charge in [0.05, 0.1) is 26.9 Å². The van der Waals surface area contributed by atoms with Gasteiger partial charge in [0, 0.05) is 6.54 Å². The molecule has 0 amide bonds. The standard InChI is InChI=1S/C23H29NO3/c1-4-5-14-27-23-15-18-12-13-24-21(20(18)16-22(23)26-3)11-8-17-6-9-19(25-2)10-7-17/h6-11,15-16,21,24H,4-5,12-14H2,1-3H3/b11-8+. The van der Waals surface area contributed by atoms with E-state index in [1.165, 1.54) is 11.1 Å². The van der Waals surface area contributed by atoms with E-state index in [2.05, 4.69) is 48.7 Å². The summed E-state index contributed by atoms with van der Waals surface area (Å²) in [4.78, 5) is 0. The molecule has 3 rings (SSSR count). The second kappa shape index (κ2) is 9.47. The SMILES string of the molecule is CCCCOc1cc2c(cc1OC)C(/C=C/c1ccc(OC)cc1)NCC2. The molecule has 4 heteroatoms. The molecular weight excluding hydrogens is 338 g/mol. The van der Waals surface area contributed by atoms with E-state index in [0.717, 1.165) is 55.2 Å². The molecule has 0 fully saturated rings. The Morgan fingerprint density at radius 2 is 1.89 bits per heavy atom. The average Bonchev–Trinajstić information content (AvgIpc) is 2.72. The molecule has 1 aliphatic rings. The zero-order chi connectivity index (χ0) is 19.1. The molecule has 1 atom stereocenters. The van der Waals surface area contributed by atoms with E-state index in [1.54, 1.807) is 14.2 Å². The zero-order valence-electron chi connectivity index (χ0n) is 16.5. The summed E-state index contributed by atoms with van der Waals surface area (Å²) >= 11 is 0. The number of hydrogen-bond donors (Lipinski definition) is 1. The summed E-state index contributed by atoms with van der Waals surface area (Å²) in [6, 6.07) is 12.5. The predicted molar refractivity (Wildman–Crippen MR) is 110 cm³/mol. The third kappa shape index (κ3) is 4.83. The van der Waals surface area contributed by atoms with Crippen LogP contribution in [0.3, 0.4) is 0 Å². The number of ether oxygens (including phenoxy) is 3. The maximum Gasteiger partial charge on any atom is 0.161 e. The van der Waals surface area contributed by atoms with Crippen molar-refractivity contribution in [3.8, 4) is 17.2 Å². The molecule has 144 valence electrons. The van der Waals surface area contributed by atoms with Gasteiger partial charge in [-0.15, -0.1) is 0 Å². The number of nitrogens with one attached hydrogen (secondary N) is 1. The topological polar surface area (TPSA) is 39.7 Å². The molecule has 0 radical (unpaired) electrons. The molecular formula is C23H29NO3. The van der Waals surface area contributed by atoms with Crippen LogP contribution in [-0.2, 0) is 6.42 Å². The third-order valence-corrected chi connectivity index (χ3v) is 4.87. The summed E-state index contributed by atoms with van der Waals surface area (Å²) < 4.78 is 16.8. The van der Waals surface area contributed by atoms with Crippen LogP contribution < -0.4 is 19.5 Å². The molecule has 0 aromatic heterocycles. The number of benzene rings is 2. The lowest BCUT2D eigenvalue weighted by atomic mass is 9.93. The van der Waals surface area contributed by atoms with Crippen LogP contribution in [0.1, 0.15) is 42.5 Å². The van der Waals surface area contributed by atoms with Crippen LogP contribution in [0.25, 0.3) is 6.08 Å². The van der Waals surface area contributed by atoms with Crippen LogP contribution in [-0.4, -0.2) is 27.4 Å². The Labute approximate surface area is 162 Å². The lowest BCUT2D eigenvalue weighted by Crippen LogP contribution is -2.28. The number of methoxy groups -OCH3 is 2. The predicted octanol–water partition coefficient (Wildman–Crippen LogP) is 4.78. The Hall–Kier alpha value is -2.46. The second-order valence-corrected chi connectivity index (χ2v) is 6.72. The molecule has 0 aliphatic carbocycles. The maximum absolute atomic E-state index is 5.95. The lowest BCUT2D eigenvalue weighted by molar-refractivity contribution is 0.287. The highest BCUT2D eigenvalue weighted by Gasteiger charge is 2.21. The van der Waals surface area contributed by atoms with Crippen molar-refractivity contribution in [2.75, 3.05) is 27.4 Å². The summed E-state index contributed by atoms with van der Waals surface area (Å²) in [7, 11) is 3.38. The van der Waals surface area contributed by atoms with Crippen LogP contribution in [0.2, 0.25) is 0 Å². The minimum Gasteiger partial charge on any atom is -0.497 e. The van der Waals surface area contributed by atoms with Gasteiger partial charge in [-0.25, -0.2) is 0 Å². The van der Waals surface area contributed by atoms with Crippen LogP contribution in [0.5, 0.6) is 17.2 Å². The minimum absolute atomic E-state index is 0.162. The quantitative estimate of drug-likeness (QED) is 0.682. The first kappa shape index (κ1) is 19.3. The Morgan fingerprint density at radius 1 is 1.07 bits per heavy atom. The van der Waals surface area contributed by atoms with Gasteiger partial charge < -0.3 is 19.5 Å². The van der Waals surface area contributed by atoms with Crippen molar-refractivity contribution in [1.29, 1.82) is 0 Å². The minimum atomic E-state index is 0.162. The van der Waals surface area contributed by atoms with Gasteiger partial charge in [0.25, 0.3) is 0 Å². The van der Waals surface area contributed by atoms with Crippen LogP contribution in [0.15, 0.2) is 42.5 Å². The van der Waals surface area contributed by atoms with Gasteiger partial charge >= 0.3 is 0 Å². The normalized spacial score (nSPS) is 16.2. The van der Waals surface area contributed by atoms with Gasteiger partial charge in [-0.3, -0.25) is 0 Å². The van der Waals surface area contributed by atoms with Crippen molar-refractivity contribution in [2.24, 2.45) is 0 Å². The van der Waals surface area contributed by atoms with E-state index in [9.17, 15) is 0 Å². The fraction of sp³-hybridized carbons (Fsp3) is 0.391. The molecule has 27 heavy (non-hydrogen) atoms. The Morgan fingerprint density at radius 3 is 2.59 bits per heavy atom. The summed E-state index contributed by atoms with van der Waals surface area (Å²) in [6.07, 6.45) is 7.52. The first-order valence-electron chi connectivity index (χ1n) is 9.64. The largest absolute Gasteiger partial charge is 0.497 e. The molecule has 0 bridgehead atoms. The highest BCUT2D eigenvalue weighted by Crippen LogP contribution is 2.36. The van der Waals surface area contributed by atoms with Crippen LogP contribution in [0, 0.1) is 0 Å². The molecule has 1 aliphatic heterocycles. The van der Waals surface area contributed by atoms with Gasteiger partial charge in [0.2, 0.25) is 0 Å². The van der Waals surface area contributed by atoms with E-state index in [4.69, 9.17) is 14.2 Å². The molecule has 1 N–H and O–H groups in total. The average molecular weight is 367 g/mol. The summed E-state index contributed by atoms with van der Waals surface area (Å²) in [5.74, 6) is 2.52. The Bertz CT molecular complexity index is 768. The Balaban J connectivity index is 1.80.